The Balaban J connectivity index is 2.46. The molecule has 0 saturated carbocycles. The quantitative estimate of drug-likeness (QED) is 0.904. The van der Waals surface area contributed by atoms with Gasteiger partial charge in [0.1, 0.15) is 17.3 Å². The summed E-state index contributed by atoms with van der Waals surface area (Å²) in [5.41, 5.74) is -1.66. The van der Waals surface area contributed by atoms with E-state index in [2.05, 4.69) is 0 Å². The predicted octanol–water partition coefficient (Wildman–Crippen LogP) is 1.84. The monoisotopic (exact) mass is 303 g/mol. The highest BCUT2D eigenvalue weighted by atomic mass is 35.5. The number of halogens is 2. The standard InChI is InChI=1S/C12H11ClFNO3S/c13-9-3-1-2-8(10(9)14)11(16)12(6-15)4-5-19(17,18)7-12/h1-3,11,16H,4-5,7H2. The first-order valence-corrected chi connectivity index (χ1v) is 7.75. The lowest BCUT2D eigenvalue weighted by Crippen LogP contribution is -2.29. The van der Waals surface area contributed by atoms with Gasteiger partial charge < -0.3 is 5.11 Å². The van der Waals surface area contributed by atoms with Crippen LogP contribution in [0.5, 0.6) is 0 Å². The average molecular weight is 304 g/mol. The molecule has 0 spiro atoms. The molecule has 1 aliphatic heterocycles. The van der Waals surface area contributed by atoms with Crippen molar-refractivity contribution in [2.45, 2.75) is 12.5 Å². The molecule has 1 aromatic carbocycles. The normalized spacial score (nSPS) is 26.8. The Morgan fingerprint density at radius 3 is 2.74 bits per heavy atom. The van der Waals surface area contributed by atoms with Gasteiger partial charge in [-0.25, -0.2) is 12.8 Å². The maximum atomic E-state index is 13.9. The number of benzene rings is 1. The van der Waals surface area contributed by atoms with Crippen LogP contribution < -0.4 is 0 Å². The molecule has 0 bridgehead atoms. The summed E-state index contributed by atoms with van der Waals surface area (Å²) in [6.07, 6.45) is -1.53. The number of hydrogen-bond acceptors (Lipinski definition) is 4. The van der Waals surface area contributed by atoms with Gasteiger partial charge in [-0.05, 0) is 12.5 Å². The number of aliphatic hydroxyl groups is 1. The van der Waals surface area contributed by atoms with Crippen LogP contribution in [0.1, 0.15) is 18.1 Å². The minimum atomic E-state index is -3.38. The Bertz CT molecular complexity index is 655. The van der Waals surface area contributed by atoms with Crippen LogP contribution in [0, 0.1) is 22.6 Å². The van der Waals surface area contributed by atoms with E-state index in [1.165, 1.54) is 18.2 Å². The van der Waals surface area contributed by atoms with Crippen LogP contribution in [-0.4, -0.2) is 25.0 Å². The van der Waals surface area contributed by atoms with Crippen LogP contribution in [0.3, 0.4) is 0 Å². The van der Waals surface area contributed by atoms with E-state index in [0.717, 1.165) is 0 Å². The molecule has 102 valence electrons. The number of nitriles is 1. The molecule has 0 aromatic heterocycles. The van der Waals surface area contributed by atoms with Gasteiger partial charge >= 0.3 is 0 Å². The highest BCUT2D eigenvalue weighted by Crippen LogP contribution is 2.44. The Kier molecular flexibility index (Phi) is 3.56. The van der Waals surface area contributed by atoms with Gasteiger partial charge in [-0.1, -0.05) is 23.7 Å². The maximum Gasteiger partial charge on any atom is 0.152 e. The number of nitrogens with zero attached hydrogens (tertiary/aromatic N) is 1. The van der Waals surface area contributed by atoms with Crippen LogP contribution in [0.4, 0.5) is 4.39 Å². The zero-order chi connectivity index (χ0) is 14.3. The molecule has 2 atom stereocenters. The molecular weight excluding hydrogens is 293 g/mol. The van der Waals surface area contributed by atoms with Crippen molar-refractivity contribution in [2.75, 3.05) is 11.5 Å². The molecule has 2 unspecified atom stereocenters. The lowest BCUT2D eigenvalue weighted by atomic mass is 9.79. The second-order valence-corrected chi connectivity index (χ2v) is 7.25. The zero-order valence-corrected chi connectivity index (χ0v) is 11.4. The van der Waals surface area contributed by atoms with E-state index in [4.69, 9.17) is 11.6 Å². The van der Waals surface area contributed by atoms with Crippen molar-refractivity contribution in [3.63, 3.8) is 0 Å². The molecule has 1 heterocycles. The van der Waals surface area contributed by atoms with Gasteiger partial charge in [0.05, 0.1) is 22.6 Å². The van der Waals surface area contributed by atoms with Gasteiger partial charge in [0, 0.05) is 5.56 Å². The fourth-order valence-electron chi connectivity index (χ4n) is 2.27. The van der Waals surface area contributed by atoms with Gasteiger partial charge in [-0.2, -0.15) is 5.26 Å². The van der Waals surface area contributed by atoms with Crippen molar-refractivity contribution in [2.24, 2.45) is 5.41 Å². The van der Waals surface area contributed by atoms with E-state index in [-0.39, 0.29) is 22.8 Å². The molecule has 2 rings (SSSR count). The molecule has 0 radical (unpaired) electrons. The number of sulfone groups is 1. The fourth-order valence-corrected chi connectivity index (χ4v) is 4.42. The maximum absolute atomic E-state index is 13.9. The highest BCUT2D eigenvalue weighted by Gasteiger charge is 2.49. The van der Waals surface area contributed by atoms with E-state index >= 15 is 0 Å². The van der Waals surface area contributed by atoms with E-state index in [9.17, 15) is 23.2 Å². The Labute approximate surface area is 115 Å². The highest BCUT2D eigenvalue weighted by molar-refractivity contribution is 7.91. The molecule has 0 amide bonds. The Hall–Kier alpha value is -1.16. The Morgan fingerprint density at radius 1 is 1.53 bits per heavy atom. The van der Waals surface area contributed by atoms with Crippen molar-refractivity contribution >= 4 is 21.4 Å². The van der Waals surface area contributed by atoms with Gasteiger partial charge in [-0.3, -0.25) is 0 Å². The first-order chi connectivity index (χ1) is 8.81. The second kappa shape index (κ2) is 4.75. The summed E-state index contributed by atoms with van der Waals surface area (Å²) in [7, 11) is -3.38. The zero-order valence-electron chi connectivity index (χ0n) is 9.81. The summed E-state index contributed by atoms with van der Waals surface area (Å²) in [5, 5.41) is 19.3. The van der Waals surface area contributed by atoms with Crippen molar-refractivity contribution in [3.05, 3.63) is 34.6 Å². The third-order valence-corrected chi connectivity index (χ3v) is 5.43. The van der Waals surface area contributed by atoms with Gasteiger partial charge in [0.25, 0.3) is 0 Å². The molecule has 1 aliphatic rings. The van der Waals surface area contributed by atoms with Crippen LogP contribution in [0.25, 0.3) is 0 Å². The molecule has 1 N–H and O–H groups in total. The molecule has 1 saturated heterocycles. The smallest absolute Gasteiger partial charge is 0.152 e. The molecule has 0 aliphatic carbocycles. The summed E-state index contributed by atoms with van der Waals surface area (Å²) in [5.74, 6) is -1.47. The van der Waals surface area contributed by atoms with E-state index in [1.54, 1.807) is 0 Å². The topological polar surface area (TPSA) is 78.2 Å². The van der Waals surface area contributed by atoms with Crippen LogP contribution in [0.15, 0.2) is 18.2 Å². The van der Waals surface area contributed by atoms with E-state index in [0.29, 0.717) is 0 Å². The minimum Gasteiger partial charge on any atom is -0.387 e. The summed E-state index contributed by atoms with van der Waals surface area (Å²) in [4.78, 5) is 0. The summed E-state index contributed by atoms with van der Waals surface area (Å²) >= 11 is 5.62. The predicted molar refractivity (Wildman–Crippen MR) is 67.7 cm³/mol. The van der Waals surface area contributed by atoms with Crippen molar-refractivity contribution < 1.29 is 17.9 Å². The summed E-state index contributed by atoms with van der Waals surface area (Å²) < 4.78 is 36.9. The van der Waals surface area contributed by atoms with Gasteiger partial charge in [0.2, 0.25) is 0 Å². The SMILES string of the molecule is N#CC1(C(O)c2cccc(Cl)c2F)CCS(=O)(=O)C1. The average Bonchev–Trinajstić information content (AvgIpc) is 2.69. The molecule has 7 heteroatoms. The first kappa shape index (κ1) is 14.3. The lowest BCUT2D eigenvalue weighted by Gasteiger charge is -2.26. The van der Waals surface area contributed by atoms with Crippen LogP contribution in [-0.2, 0) is 9.84 Å². The fraction of sp³-hybridized carbons (Fsp3) is 0.417. The largest absolute Gasteiger partial charge is 0.387 e. The third kappa shape index (κ3) is 2.46. The van der Waals surface area contributed by atoms with Crippen molar-refractivity contribution in [1.29, 1.82) is 5.26 Å². The Morgan fingerprint density at radius 2 is 2.21 bits per heavy atom. The second-order valence-electron chi connectivity index (χ2n) is 4.66. The van der Waals surface area contributed by atoms with Gasteiger partial charge in [0.15, 0.2) is 9.84 Å². The molecular formula is C12H11ClFNO3S. The number of rotatable bonds is 2. The van der Waals surface area contributed by atoms with E-state index < -0.39 is 32.9 Å². The molecule has 1 fully saturated rings. The van der Waals surface area contributed by atoms with Crippen LogP contribution >= 0.6 is 11.6 Å². The van der Waals surface area contributed by atoms with Crippen molar-refractivity contribution in [3.8, 4) is 6.07 Å². The van der Waals surface area contributed by atoms with E-state index in [1.807, 2.05) is 6.07 Å². The molecule has 4 nitrogen and oxygen atoms in total. The summed E-state index contributed by atoms with van der Waals surface area (Å²) in [6, 6.07) is 5.90. The summed E-state index contributed by atoms with van der Waals surface area (Å²) in [6.45, 7) is 0. The third-order valence-electron chi connectivity index (χ3n) is 3.36. The first-order valence-electron chi connectivity index (χ1n) is 5.55. The molecule has 1 aromatic rings. The number of hydrogen-bond donors (Lipinski definition) is 1. The molecule has 19 heavy (non-hydrogen) atoms. The minimum absolute atomic E-state index is 0.0149. The number of aliphatic hydroxyl groups excluding tert-OH is 1. The van der Waals surface area contributed by atoms with Crippen molar-refractivity contribution in [1.82, 2.24) is 0 Å². The van der Waals surface area contributed by atoms with Crippen LogP contribution in [0.2, 0.25) is 5.02 Å². The van der Waals surface area contributed by atoms with Gasteiger partial charge in [-0.15, -0.1) is 0 Å². The lowest BCUT2D eigenvalue weighted by molar-refractivity contribution is 0.0759.